The van der Waals surface area contributed by atoms with Crippen molar-refractivity contribution >= 4 is 17.3 Å². The zero-order chi connectivity index (χ0) is 14.3. The van der Waals surface area contributed by atoms with Crippen LogP contribution in [-0.4, -0.2) is 47.4 Å². The lowest BCUT2D eigenvalue weighted by molar-refractivity contribution is 0.154. The van der Waals surface area contributed by atoms with Crippen molar-refractivity contribution in [1.29, 1.82) is 0 Å². The van der Waals surface area contributed by atoms with Gasteiger partial charge in [-0.1, -0.05) is 11.6 Å². The Labute approximate surface area is 124 Å². The number of hydrogen-bond donors (Lipinski definition) is 0. The van der Waals surface area contributed by atoms with E-state index in [0.717, 1.165) is 38.2 Å². The molecule has 0 aromatic carbocycles. The number of halogens is 1. The Morgan fingerprint density at radius 3 is 2.90 bits per heavy atom. The van der Waals surface area contributed by atoms with E-state index < -0.39 is 0 Å². The van der Waals surface area contributed by atoms with Gasteiger partial charge in [0.25, 0.3) is 5.56 Å². The molecule has 6 heteroatoms. The van der Waals surface area contributed by atoms with Crippen molar-refractivity contribution in [3.63, 3.8) is 0 Å². The lowest BCUT2D eigenvalue weighted by Gasteiger charge is -2.47. The fourth-order valence-electron chi connectivity index (χ4n) is 3.59. The van der Waals surface area contributed by atoms with Crippen LogP contribution in [0.4, 0.5) is 5.69 Å². The zero-order valence-electron chi connectivity index (χ0n) is 12.0. The maximum atomic E-state index is 12.0. The number of rotatable bonds is 1. The molecule has 2 aliphatic rings. The van der Waals surface area contributed by atoms with E-state index in [1.807, 2.05) is 0 Å². The van der Waals surface area contributed by atoms with Gasteiger partial charge in [0.1, 0.15) is 5.02 Å². The summed E-state index contributed by atoms with van der Waals surface area (Å²) in [6, 6.07) is 0.492. The number of aryl methyl sites for hydroxylation is 1. The highest BCUT2D eigenvalue weighted by Crippen LogP contribution is 2.35. The predicted octanol–water partition coefficient (Wildman–Crippen LogP) is 1.35. The van der Waals surface area contributed by atoms with E-state index >= 15 is 0 Å². The number of anilines is 1. The van der Waals surface area contributed by atoms with Crippen molar-refractivity contribution in [3.05, 3.63) is 21.6 Å². The molecule has 2 unspecified atom stereocenters. The van der Waals surface area contributed by atoms with E-state index in [1.54, 1.807) is 13.2 Å². The Hall–Kier alpha value is -1.07. The first-order valence-corrected chi connectivity index (χ1v) is 7.62. The van der Waals surface area contributed by atoms with Gasteiger partial charge in [-0.25, -0.2) is 4.68 Å². The minimum atomic E-state index is -0.209. The quantitative estimate of drug-likeness (QED) is 0.784. The standard InChI is InChI=1S/C14H21ClN4O/c1-17-7-5-11-10(9-17)4-3-6-19(11)12-8-16-18(2)14(20)13(12)15/h8,10-11H,3-7,9H2,1-2H3. The van der Waals surface area contributed by atoms with Gasteiger partial charge in [0.05, 0.1) is 11.9 Å². The molecule has 20 heavy (non-hydrogen) atoms. The third-order valence-electron chi connectivity index (χ3n) is 4.64. The number of piperidine rings is 2. The second kappa shape index (κ2) is 5.37. The number of likely N-dealkylation sites (tertiary alicyclic amines) is 1. The highest BCUT2D eigenvalue weighted by molar-refractivity contribution is 6.33. The largest absolute Gasteiger partial charge is 0.366 e. The Kier molecular flexibility index (Phi) is 3.73. The van der Waals surface area contributed by atoms with Crippen LogP contribution in [-0.2, 0) is 7.05 Å². The predicted molar refractivity (Wildman–Crippen MR) is 80.5 cm³/mol. The van der Waals surface area contributed by atoms with Crippen LogP contribution in [0.25, 0.3) is 0 Å². The van der Waals surface area contributed by atoms with Gasteiger partial charge in [0.15, 0.2) is 0 Å². The molecule has 2 aliphatic heterocycles. The van der Waals surface area contributed by atoms with Gasteiger partial charge < -0.3 is 9.80 Å². The number of fused-ring (bicyclic) bond motifs is 1. The lowest BCUT2D eigenvalue weighted by atomic mass is 9.84. The maximum absolute atomic E-state index is 12.0. The van der Waals surface area contributed by atoms with Gasteiger partial charge in [-0.15, -0.1) is 0 Å². The molecule has 0 bridgehead atoms. The van der Waals surface area contributed by atoms with Crippen LogP contribution in [0.15, 0.2) is 11.0 Å². The van der Waals surface area contributed by atoms with Gasteiger partial charge in [-0.2, -0.15) is 5.10 Å². The second-order valence-electron chi connectivity index (χ2n) is 5.99. The van der Waals surface area contributed by atoms with Crippen LogP contribution in [0.1, 0.15) is 19.3 Å². The topological polar surface area (TPSA) is 41.4 Å². The highest BCUT2D eigenvalue weighted by atomic mass is 35.5. The second-order valence-corrected chi connectivity index (χ2v) is 6.36. The van der Waals surface area contributed by atoms with Gasteiger partial charge in [-0.05, 0) is 38.8 Å². The third-order valence-corrected chi connectivity index (χ3v) is 5.00. The maximum Gasteiger partial charge on any atom is 0.287 e. The molecule has 2 atom stereocenters. The van der Waals surface area contributed by atoms with Crippen LogP contribution in [0, 0.1) is 5.92 Å². The molecular formula is C14H21ClN4O. The Morgan fingerprint density at radius 1 is 1.30 bits per heavy atom. The molecule has 1 aromatic heterocycles. The summed E-state index contributed by atoms with van der Waals surface area (Å²) in [6.07, 6.45) is 5.29. The average molecular weight is 297 g/mol. The van der Waals surface area contributed by atoms with Crippen LogP contribution in [0.5, 0.6) is 0 Å². The molecule has 0 spiro atoms. The van der Waals surface area contributed by atoms with Crippen molar-refractivity contribution in [2.75, 3.05) is 31.6 Å². The van der Waals surface area contributed by atoms with E-state index in [1.165, 1.54) is 11.1 Å². The molecule has 3 rings (SSSR count). The summed E-state index contributed by atoms with van der Waals surface area (Å²) in [4.78, 5) is 16.7. The lowest BCUT2D eigenvalue weighted by Crippen LogP contribution is -2.53. The van der Waals surface area contributed by atoms with E-state index in [2.05, 4.69) is 21.9 Å². The van der Waals surface area contributed by atoms with Gasteiger partial charge in [-0.3, -0.25) is 4.79 Å². The summed E-state index contributed by atoms with van der Waals surface area (Å²) in [6.45, 7) is 3.21. The molecule has 0 N–H and O–H groups in total. The van der Waals surface area contributed by atoms with Gasteiger partial charge >= 0.3 is 0 Å². The summed E-state index contributed by atoms with van der Waals surface area (Å²) in [5, 5.41) is 4.44. The SMILES string of the molecule is CN1CCC2C(CCCN2c2cnn(C)c(=O)c2Cl)C1. The van der Waals surface area contributed by atoms with Gasteiger partial charge in [0.2, 0.25) is 0 Å². The normalized spacial score (nSPS) is 27.4. The average Bonchev–Trinajstić information content (AvgIpc) is 2.44. The molecule has 3 heterocycles. The molecular weight excluding hydrogens is 276 g/mol. The fourth-order valence-corrected chi connectivity index (χ4v) is 3.87. The molecule has 110 valence electrons. The van der Waals surface area contributed by atoms with Crippen molar-refractivity contribution in [2.45, 2.75) is 25.3 Å². The van der Waals surface area contributed by atoms with Crippen molar-refractivity contribution in [3.8, 4) is 0 Å². The molecule has 0 amide bonds. The Morgan fingerprint density at radius 2 is 2.10 bits per heavy atom. The van der Waals surface area contributed by atoms with Crippen LogP contribution < -0.4 is 10.5 Å². The van der Waals surface area contributed by atoms with Gasteiger partial charge in [0, 0.05) is 26.2 Å². The molecule has 0 saturated carbocycles. The first kappa shape index (κ1) is 13.9. The third kappa shape index (κ3) is 2.33. The van der Waals surface area contributed by atoms with Crippen molar-refractivity contribution in [1.82, 2.24) is 14.7 Å². The Bertz CT molecular complexity index is 559. The zero-order valence-corrected chi connectivity index (χ0v) is 12.8. The van der Waals surface area contributed by atoms with E-state index in [-0.39, 0.29) is 5.56 Å². The summed E-state index contributed by atoms with van der Waals surface area (Å²) >= 11 is 6.27. The Balaban J connectivity index is 1.93. The fraction of sp³-hybridized carbons (Fsp3) is 0.714. The molecule has 1 aromatic rings. The first-order valence-electron chi connectivity index (χ1n) is 7.25. The van der Waals surface area contributed by atoms with Crippen LogP contribution in [0.2, 0.25) is 5.02 Å². The summed E-state index contributed by atoms with van der Waals surface area (Å²) in [5.74, 6) is 0.669. The summed E-state index contributed by atoms with van der Waals surface area (Å²) < 4.78 is 1.29. The molecule has 0 aliphatic carbocycles. The first-order chi connectivity index (χ1) is 9.58. The number of nitrogens with zero attached hydrogens (tertiary/aromatic N) is 4. The minimum Gasteiger partial charge on any atom is -0.366 e. The summed E-state index contributed by atoms with van der Waals surface area (Å²) in [7, 11) is 3.81. The van der Waals surface area contributed by atoms with E-state index in [9.17, 15) is 4.79 Å². The van der Waals surface area contributed by atoms with Crippen LogP contribution in [0.3, 0.4) is 0 Å². The minimum absolute atomic E-state index is 0.209. The molecule has 2 fully saturated rings. The summed E-state index contributed by atoms with van der Waals surface area (Å²) in [5.41, 5.74) is 0.605. The smallest absolute Gasteiger partial charge is 0.287 e. The van der Waals surface area contributed by atoms with Crippen LogP contribution >= 0.6 is 11.6 Å². The number of aromatic nitrogens is 2. The van der Waals surface area contributed by atoms with E-state index in [4.69, 9.17) is 11.6 Å². The van der Waals surface area contributed by atoms with Crippen molar-refractivity contribution < 1.29 is 0 Å². The molecule has 2 saturated heterocycles. The number of hydrogen-bond acceptors (Lipinski definition) is 4. The van der Waals surface area contributed by atoms with Crippen molar-refractivity contribution in [2.24, 2.45) is 13.0 Å². The molecule has 0 radical (unpaired) electrons. The highest BCUT2D eigenvalue weighted by Gasteiger charge is 2.36. The molecule has 5 nitrogen and oxygen atoms in total. The monoisotopic (exact) mass is 296 g/mol. The van der Waals surface area contributed by atoms with E-state index in [0.29, 0.717) is 17.0 Å².